The molecule has 1 amide bonds. The Labute approximate surface area is 145 Å². The molecule has 0 unspecified atom stereocenters. The van der Waals surface area contributed by atoms with E-state index in [1.807, 2.05) is 49.6 Å². The van der Waals surface area contributed by atoms with Gasteiger partial charge in [0.25, 0.3) is 5.91 Å². The van der Waals surface area contributed by atoms with Crippen LogP contribution in [0.3, 0.4) is 0 Å². The van der Waals surface area contributed by atoms with Crippen LogP contribution < -0.4 is 10.1 Å². The lowest BCUT2D eigenvalue weighted by Crippen LogP contribution is -2.12. The van der Waals surface area contributed by atoms with Gasteiger partial charge in [0.1, 0.15) is 5.75 Å². The van der Waals surface area contributed by atoms with Crippen LogP contribution in [-0.4, -0.2) is 18.0 Å². The average molecular weight is 338 g/mol. The molecule has 0 saturated heterocycles. The smallest absolute Gasteiger partial charge is 0.255 e. The van der Waals surface area contributed by atoms with Crippen molar-refractivity contribution in [1.29, 1.82) is 0 Å². The molecule has 1 aromatic heterocycles. The second-order valence-corrected chi connectivity index (χ2v) is 6.53. The fraction of sp³-hybridized carbons (Fsp3) is 0.158. The highest BCUT2D eigenvalue weighted by Gasteiger charge is 2.10. The van der Waals surface area contributed by atoms with Gasteiger partial charge in [0.2, 0.25) is 0 Å². The third kappa shape index (κ3) is 3.46. The number of carbonyl (C=O) groups excluding carboxylic acids is 1. The molecule has 0 bridgehead atoms. The van der Waals surface area contributed by atoms with Gasteiger partial charge in [-0.25, -0.2) is 4.98 Å². The van der Waals surface area contributed by atoms with Gasteiger partial charge in [-0.15, -0.1) is 11.3 Å². The number of amides is 1. The van der Waals surface area contributed by atoms with Gasteiger partial charge in [0, 0.05) is 22.2 Å². The summed E-state index contributed by atoms with van der Waals surface area (Å²) in [4.78, 5) is 16.9. The number of nitrogens with one attached hydrogen (secondary N) is 1. The number of carbonyl (C=O) groups is 1. The van der Waals surface area contributed by atoms with Crippen LogP contribution in [0.4, 0.5) is 5.69 Å². The summed E-state index contributed by atoms with van der Waals surface area (Å²) in [5.74, 6) is 0.625. The van der Waals surface area contributed by atoms with Crippen LogP contribution >= 0.6 is 11.3 Å². The Morgan fingerprint density at radius 1 is 1.17 bits per heavy atom. The number of methoxy groups -OCH3 is 1. The van der Waals surface area contributed by atoms with E-state index in [9.17, 15) is 4.79 Å². The Balaban J connectivity index is 1.81. The van der Waals surface area contributed by atoms with Crippen molar-refractivity contribution < 1.29 is 9.53 Å². The van der Waals surface area contributed by atoms with Crippen LogP contribution in [0, 0.1) is 13.8 Å². The van der Waals surface area contributed by atoms with E-state index in [0.717, 1.165) is 33.3 Å². The zero-order valence-corrected chi connectivity index (χ0v) is 14.6. The fourth-order valence-electron chi connectivity index (χ4n) is 2.48. The third-order valence-electron chi connectivity index (χ3n) is 3.69. The number of benzene rings is 2. The minimum absolute atomic E-state index is 0.146. The molecule has 0 aliphatic heterocycles. The first-order valence-corrected chi connectivity index (χ1v) is 8.43. The highest BCUT2D eigenvalue weighted by atomic mass is 32.1. The van der Waals surface area contributed by atoms with E-state index in [0.29, 0.717) is 5.56 Å². The monoisotopic (exact) mass is 338 g/mol. The van der Waals surface area contributed by atoms with E-state index in [1.54, 1.807) is 30.6 Å². The van der Waals surface area contributed by atoms with Crippen LogP contribution in [0.2, 0.25) is 0 Å². The average Bonchev–Trinajstić information content (AvgIpc) is 3.01. The molecule has 0 radical (unpaired) electrons. The van der Waals surface area contributed by atoms with Gasteiger partial charge in [-0.05, 0) is 49.7 Å². The molecule has 1 N–H and O–H groups in total. The molecule has 4 nitrogen and oxygen atoms in total. The van der Waals surface area contributed by atoms with E-state index in [1.165, 1.54) is 0 Å². The molecule has 0 saturated carbocycles. The highest BCUT2D eigenvalue weighted by Crippen LogP contribution is 2.25. The largest absolute Gasteiger partial charge is 0.496 e. The first kappa shape index (κ1) is 16.2. The number of thiazole rings is 1. The van der Waals surface area contributed by atoms with Gasteiger partial charge in [-0.1, -0.05) is 12.1 Å². The van der Waals surface area contributed by atoms with Gasteiger partial charge in [-0.3, -0.25) is 4.79 Å². The molecule has 0 aliphatic rings. The number of nitrogens with zero attached hydrogens (tertiary/aromatic N) is 1. The van der Waals surface area contributed by atoms with Crippen LogP contribution in [0.25, 0.3) is 11.3 Å². The molecule has 3 aromatic rings. The quantitative estimate of drug-likeness (QED) is 0.751. The van der Waals surface area contributed by atoms with Crippen molar-refractivity contribution in [3.63, 3.8) is 0 Å². The lowest BCUT2D eigenvalue weighted by Gasteiger charge is -2.09. The molecule has 0 atom stereocenters. The van der Waals surface area contributed by atoms with E-state index >= 15 is 0 Å². The molecular formula is C19H18N2O2S. The summed E-state index contributed by atoms with van der Waals surface area (Å²) in [5.41, 5.74) is 4.19. The van der Waals surface area contributed by atoms with E-state index in [4.69, 9.17) is 4.74 Å². The molecule has 0 spiro atoms. The van der Waals surface area contributed by atoms with Gasteiger partial charge in [0.15, 0.2) is 0 Å². The van der Waals surface area contributed by atoms with Crippen molar-refractivity contribution in [2.45, 2.75) is 13.8 Å². The van der Waals surface area contributed by atoms with Crippen molar-refractivity contribution in [3.05, 3.63) is 64.0 Å². The summed E-state index contributed by atoms with van der Waals surface area (Å²) in [7, 11) is 1.62. The Morgan fingerprint density at radius 2 is 2.00 bits per heavy atom. The second-order valence-electron chi connectivity index (χ2n) is 5.47. The Morgan fingerprint density at radius 3 is 2.67 bits per heavy atom. The number of anilines is 1. The first-order valence-electron chi connectivity index (χ1n) is 7.55. The summed E-state index contributed by atoms with van der Waals surface area (Å²) in [5, 5.41) is 5.97. The Hall–Kier alpha value is -2.66. The molecular weight excluding hydrogens is 320 g/mol. The summed E-state index contributed by atoms with van der Waals surface area (Å²) in [6, 6.07) is 13.1. The summed E-state index contributed by atoms with van der Waals surface area (Å²) < 4.78 is 5.23. The van der Waals surface area contributed by atoms with Gasteiger partial charge >= 0.3 is 0 Å². The van der Waals surface area contributed by atoms with Crippen LogP contribution in [0.5, 0.6) is 5.75 Å². The lowest BCUT2D eigenvalue weighted by atomic mass is 10.1. The Kier molecular flexibility index (Phi) is 4.62. The molecule has 1 heterocycles. The van der Waals surface area contributed by atoms with E-state index < -0.39 is 0 Å². The standard InChI is InChI=1S/C19H18N2O2S/c1-12-9-15(7-8-18(12)23-3)19(22)21-16-6-4-5-14(10-16)17-11-24-13(2)20-17/h4-11H,1-3H3,(H,21,22). The van der Waals surface area contributed by atoms with Gasteiger partial charge in [-0.2, -0.15) is 0 Å². The maximum atomic E-state index is 12.5. The van der Waals surface area contributed by atoms with Crippen LogP contribution in [0.1, 0.15) is 20.9 Å². The number of hydrogen-bond acceptors (Lipinski definition) is 4. The first-order chi connectivity index (χ1) is 11.6. The van der Waals surface area contributed by atoms with Gasteiger partial charge in [0.05, 0.1) is 17.8 Å². The molecule has 5 heteroatoms. The predicted octanol–water partition coefficient (Wildman–Crippen LogP) is 4.69. The minimum Gasteiger partial charge on any atom is -0.496 e. The SMILES string of the molecule is COc1ccc(C(=O)Nc2cccc(-c3csc(C)n3)c2)cc1C. The number of rotatable bonds is 4. The van der Waals surface area contributed by atoms with Crippen molar-refractivity contribution in [2.24, 2.45) is 0 Å². The molecule has 2 aromatic carbocycles. The normalized spacial score (nSPS) is 10.5. The molecule has 122 valence electrons. The summed E-state index contributed by atoms with van der Waals surface area (Å²) in [6.45, 7) is 3.90. The topological polar surface area (TPSA) is 51.2 Å². The number of aromatic nitrogens is 1. The maximum absolute atomic E-state index is 12.5. The van der Waals surface area contributed by atoms with E-state index in [-0.39, 0.29) is 5.91 Å². The molecule has 3 rings (SSSR count). The summed E-state index contributed by atoms with van der Waals surface area (Å²) >= 11 is 1.61. The highest BCUT2D eigenvalue weighted by molar-refractivity contribution is 7.09. The van der Waals surface area contributed by atoms with Crippen molar-refractivity contribution in [2.75, 3.05) is 12.4 Å². The van der Waals surface area contributed by atoms with E-state index in [2.05, 4.69) is 10.3 Å². The zero-order valence-electron chi connectivity index (χ0n) is 13.8. The minimum atomic E-state index is -0.146. The number of hydrogen-bond donors (Lipinski definition) is 1. The van der Waals surface area contributed by atoms with Gasteiger partial charge < -0.3 is 10.1 Å². The van der Waals surface area contributed by atoms with Crippen LogP contribution in [0.15, 0.2) is 47.8 Å². The lowest BCUT2D eigenvalue weighted by molar-refractivity contribution is 0.102. The number of aryl methyl sites for hydroxylation is 2. The third-order valence-corrected chi connectivity index (χ3v) is 4.47. The summed E-state index contributed by atoms with van der Waals surface area (Å²) in [6.07, 6.45) is 0. The maximum Gasteiger partial charge on any atom is 0.255 e. The van der Waals surface area contributed by atoms with Crippen molar-refractivity contribution >= 4 is 22.9 Å². The second kappa shape index (κ2) is 6.84. The zero-order chi connectivity index (χ0) is 17.1. The predicted molar refractivity (Wildman–Crippen MR) is 98.0 cm³/mol. The molecule has 0 fully saturated rings. The van der Waals surface area contributed by atoms with Crippen molar-refractivity contribution in [3.8, 4) is 17.0 Å². The Bertz CT molecular complexity index is 887. The fourth-order valence-corrected chi connectivity index (χ4v) is 3.10. The van der Waals surface area contributed by atoms with Crippen molar-refractivity contribution in [1.82, 2.24) is 4.98 Å². The molecule has 0 aliphatic carbocycles. The number of ether oxygens (including phenoxy) is 1. The molecule has 24 heavy (non-hydrogen) atoms. The van der Waals surface area contributed by atoms with Crippen LogP contribution in [-0.2, 0) is 0 Å².